The molecule has 2 atom stereocenters. The van der Waals surface area contributed by atoms with Gasteiger partial charge in [0.25, 0.3) is 0 Å². The Hall–Kier alpha value is -2.99. The van der Waals surface area contributed by atoms with Crippen LogP contribution in [0.15, 0.2) is 48.7 Å². The molecule has 0 radical (unpaired) electrons. The molecule has 6 heteroatoms. The van der Waals surface area contributed by atoms with E-state index in [2.05, 4.69) is 22.4 Å². The van der Waals surface area contributed by atoms with Crippen molar-refractivity contribution in [2.45, 2.75) is 63.4 Å². The number of aromatic nitrogens is 2. The summed E-state index contributed by atoms with van der Waals surface area (Å²) in [6, 6.07) is 13.9. The van der Waals surface area contributed by atoms with Gasteiger partial charge in [0.15, 0.2) is 0 Å². The van der Waals surface area contributed by atoms with Gasteiger partial charge < -0.3 is 15.5 Å². The lowest BCUT2D eigenvalue weighted by Crippen LogP contribution is -2.16. The van der Waals surface area contributed by atoms with E-state index in [-0.39, 0.29) is 0 Å². The minimum Gasteiger partial charge on any atom is -0.481 e. The van der Waals surface area contributed by atoms with Crippen molar-refractivity contribution in [1.82, 2.24) is 9.97 Å². The smallest absolute Gasteiger partial charge is 0.311 e. The number of aliphatic hydroxyl groups excluding tert-OH is 1. The molecule has 32 heavy (non-hydrogen) atoms. The molecule has 0 aliphatic carbocycles. The van der Waals surface area contributed by atoms with Crippen molar-refractivity contribution >= 4 is 22.7 Å². The molecule has 0 fully saturated rings. The van der Waals surface area contributed by atoms with Crippen LogP contribution in [0.1, 0.15) is 61.3 Å². The number of aliphatic carboxylic acids is 1. The minimum absolute atomic E-state index is 0.397. The van der Waals surface area contributed by atoms with E-state index in [1.807, 2.05) is 30.3 Å². The summed E-state index contributed by atoms with van der Waals surface area (Å²) in [5.41, 5.74) is 3.92. The van der Waals surface area contributed by atoms with Crippen LogP contribution in [0.2, 0.25) is 0 Å². The second kappa shape index (κ2) is 10.6. The molecule has 0 saturated carbocycles. The maximum Gasteiger partial charge on any atom is 0.311 e. The average molecular weight is 434 g/mol. The third-order valence-electron chi connectivity index (χ3n) is 6.27. The Morgan fingerprint density at radius 3 is 2.84 bits per heavy atom. The van der Waals surface area contributed by atoms with Crippen LogP contribution in [0.5, 0.6) is 0 Å². The number of fused-ring (bicyclic) bond motifs is 2. The molecule has 6 nitrogen and oxygen atoms in total. The molecule has 3 heterocycles. The first-order valence-electron chi connectivity index (χ1n) is 11.6. The fraction of sp³-hybridized carbons (Fsp3) is 0.423. The maximum absolute atomic E-state index is 11.8. The van der Waals surface area contributed by atoms with Crippen molar-refractivity contribution in [1.29, 1.82) is 0 Å². The number of rotatable bonds is 10. The molecular formula is C26H31N3O3. The molecule has 3 N–H and O–H groups in total. The van der Waals surface area contributed by atoms with Gasteiger partial charge in [0.1, 0.15) is 5.82 Å². The molecule has 4 rings (SSSR count). The largest absolute Gasteiger partial charge is 0.481 e. The van der Waals surface area contributed by atoms with Crippen LogP contribution in [0.4, 0.5) is 5.82 Å². The van der Waals surface area contributed by atoms with Gasteiger partial charge in [-0.1, -0.05) is 30.7 Å². The lowest BCUT2D eigenvalue weighted by molar-refractivity contribution is -0.139. The first-order valence-corrected chi connectivity index (χ1v) is 11.6. The van der Waals surface area contributed by atoms with Gasteiger partial charge in [-0.25, -0.2) is 4.98 Å². The fourth-order valence-electron chi connectivity index (χ4n) is 4.41. The highest BCUT2D eigenvalue weighted by atomic mass is 16.4. The Kier molecular flexibility index (Phi) is 7.32. The van der Waals surface area contributed by atoms with E-state index < -0.39 is 18.0 Å². The third kappa shape index (κ3) is 5.62. The highest BCUT2D eigenvalue weighted by molar-refractivity contribution is 5.82. The zero-order valence-electron chi connectivity index (χ0n) is 18.3. The summed E-state index contributed by atoms with van der Waals surface area (Å²) in [5.74, 6) is -0.507. The number of nitrogens with one attached hydrogen (secondary N) is 1. The van der Waals surface area contributed by atoms with Crippen molar-refractivity contribution in [3.8, 4) is 0 Å². The van der Waals surface area contributed by atoms with Gasteiger partial charge >= 0.3 is 5.97 Å². The van der Waals surface area contributed by atoms with Gasteiger partial charge in [-0.2, -0.15) is 0 Å². The topological polar surface area (TPSA) is 95.3 Å². The number of aryl methyl sites for hydroxylation is 2. The molecule has 2 aromatic heterocycles. The summed E-state index contributed by atoms with van der Waals surface area (Å²) in [4.78, 5) is 21.0. The van der Waals surface area contributed by atoms with E-state index in [0.29, 0.717) is 24.8 Å². The number of hydrogen-bond acceptors (Lipinski definition) is 5. The molecule has 0 amide bonds. The monoisotopic (exact) mass is 433 g/mol. The van der Waals surface area contributed by atoms with Crippen molar-refractivity contribution in [3.05, 3.63) is 65.5 Å². The van der Waals surface area contributed by atoms with E-state index >= 15 is 0 Å². The molecule has 0 saturated heterocycles. The van der Waals surface area contributed by atoms with Crippen LogP contribution < -0.4 is 5.32 Å². The van der Waals surface area contributed by atoms with E-state index in [1.54, 1.807) is 6.20 Å². The van der Waals surface area contributed by atoms with Gasteiger partial charge in [-0.3, -0.25) is 9.78 Å². The summed E-state index contributed by atoms with van der Waals surface area (Å²) in [6.07, 6.45) is 7.67. The van der Waals surface area contributed by atoms with E-state index in [9.17, 15) is 15.0 Å². The number of anilines is 1. The zero-order chi connectivity index (χ0) is 22.3. The van der Waals surface area contributed by atoms with Gasteiger partial charge in [0.05, 0.1) is 17.5 Å². The summed E-state index contributed by atoms with van der Waals surface area (Å²) in [7, 11) is 0. The first kappa shape index (κ1) is 22.2. The van der Waals surface area contributed by atoms with Gasteiger partial charge in [-0.05, 0) is 74.3 Å². The second-order valence-electron chi connectivity index (χ2n) is 8.67. The van der Waals surface area contributed by atoms with Crippen molar-refractivity contribution < 1.29 is 15.0 Å². The number of pyridine rings is 2. The number of nitrogens with zero attached hydrogens (tertiary/aromatic N) is 2. The molecule has 0 bridgehead atoms. The predicted molar refractivity (Wildman–Crippen MR) is 126 cm³/mol. The van der Waals surface area contributed by atoms with Crippen LogP contribution in [0, 0.1) is 0 Å². The standard InChI is InChI=1S/C26H31N3O3/c30-22(9-3-2-8-21-12-11-18-7-5-15-27-25(18)29-21)13-14-23(26(31)32)20-16-19-6-1-4-10-24(19)28-17-20/h1,4,6,10-12,16-17,22-23,30H,2-3,5,7-9,13-15H2,(H,27,29)(H,31,32)/t22-,23?/m1/s1. The molecule has 0 spiro atoms. The molecule has 168 valence electrons. The van der Waals surface area contributed by atoms with Crippen molar-refractivity contribution in [2.75, 3.05) is 11.9 Å². The number of unbranched alkanes of at least 4 members (excludes halogenated alkanes) is 1. The number of carboxylic acid groups (broad SMARTS) is 1. The maximum atomic E-state index is 11.8. The second-order valence-corrected chi connectivity index (χ2v) is 8.67. The van der Waals surface area contributed by atoms with Crippen molar-refractivity contribution in [2.24, 2.45) is 0 Å². The molecule has 3 aromatic rings. The predicted octanol–water partition coefficient (Wildman–Crippen LogP) is 4.71. The molecule has 1 aliphatic heterocycles. The molecule has 1 aromatic carbocycles. The van der Waals surface area contributed by atoms with E-state index in [1.165, 1.54) is 5.56 Å². The quantitative estimate of drug-likeness (QED) is 0.401. The Balaban J connectivity index is 1.24. The Morgan fingerprint density at radius 1 is 1.09 bits per heavy atom. The summed E-state index contributed by atoms with van der Waals surface area (Å²) in [5, 5.41) is 24.4. The lowest BCUT2D eigenvalue weighted by atomic mass is 9.92. The first-order chi connectivity index (χ1) is 15.6. The van der Waals surface area contributed by atoms with Gasteiger partial charge in [-0.15, -0.1) is 0 Å². The van der Waals surface area contributed by atoms with Gasteiger partial charge in [0.2, 0.25) is 0 Å². The minimum atomic E-state index is -0.874. The number of para-hydroxylation sites is 1. The highest BCUT2D eigenvalue weighted by Gasteiger charge is 2.22. The average Bonchev–Trinajstić information content (AvgIpc) is 2.81. The number of carbonyl (C=O) groups is 1. The lowest BCUT2D eigenvalue weighted by Gasteiger charge is -2.17. The fourth-order valence-corrected chi connectivity index (χ4v) is 4.41. The van der Waals surface area contributed by atoms with Crippen LogP contribution >= 0.6 is 0 Å². The van der Waals surface area contributed by atoms with Gasteiger partial charge in [0, 0.05) is 23.8 Å². The Labute approximate surface area is 188 Å². The summed E-state index contributed by atoms with van der Waals surface area (Å²) in [6.45, 7) is 0.988. The Morgan fingerprint density at radius 2 is 1.97 bits per heavy atom. The number of hydrogen-bond donors (Lipinski definition) is 3. The Bertz CT molecular complexity index is 1070. The van der Waals surface area contributed by atoms with Crippen molar-refractivity contribution in [3.63, 3.8) is 0 Å². The van der Waals surface area contributed by atoms with Crippen LogP contribution in [-0.4, -0.2) is 38.8 Å². The van der Waals surface area contributed by atoms with E-state index in [0.717, 1.165) is 61.1 Å². The SMILES string of the molecule is O=C(O)C(CC[C@H](O)CCCCc1ccc2c(n1)NCCC2)c1cnc2ccccc2c1. The number of benzene rings is 1. The molecule has 1 unspecified atom stereocenters. The highest BCUT2D eigenvalue weighted by Crippen LogP contribution is 2.26. The van der Waals surface area contributed by atoms with Crippen LogP contribution in [0.3, 0.4) is 0 Å². The van der Waals surface area contributed by atoms with Crippen LogP contribution in [0.25, 0.3) is 10.9 Å². The number of carboxylic acids is 1. The normalized spacial score (nSPS) is 15.0. The third-order valence-corrected chi connectivity index (χ3v) is 6.27. The molecular weight excluding hydrogens is 402 g/mol. The summed E-state index contributed by atoms with van der Waals surface area (Å²) < 4.78 is 0. The number of aliphatic hydroxyl groups is 1. The van der Waals surface area contributed by atoms with E-state index in [4.69, 9.17) is 4.98 Å². The molecule has 1 aliphatic rings. The van der Waals surface area contributed by atoms with Crippen LogP contribution in [-0.2, 0) is 17.6 Å². The zero-order valence-corrected chi connectivity index (χ0v) is 18.3. The summed E-state index contributed by atoms with van der Waals surface area (Å²) >= 11 is 0.